The van der Waals surface area contributed by atoms with Crippen molar-refractivity contribution in [2.75, 3.05) is 13.2 Å². The van der Waals surface area contributed by atoms with E-state index in [4.69, 9.17) is 33.3 Å². The van der Waals surface area contributed by atoms with Crippen molar-refractivity contribution in [2.24, 2.45) is 5.10 Å². The Morgan fingerprint density at radius 1 is 1.23 bits per heavy atom. The van der Waals surface area contributed by atoms with Crippen LogP contribution >= 0.6 is 23.8 Å². The van der Waals surface area contributed by atoms with E-state index in [-0.39, 0.29) is 10.3 Å². The summed E-state index contributed by atoms with van der Waals surface area (Å²) in [5.74, 6) is 1.09. The molecule has 0 atom stereocenters. The van der Waals surface area contributed by atoms with Crippen molar-refractivity contribution >= 4 is 40.9 Å². The predicted octanol–water partition coefficient (Wildman–Crippen LogP) is 3.76. The van der Waals surface area contributed by atoms with Crippen molar-refractivity contribution in [2.45, 2.75) is 6.42 Å². The van der Waals surface area contributed by atoms with E-state index < -0.39 is 0 Å². The van der Waals surface area contributed by atoms with Gasteiger partial charge in [-0.1, -0.05) is 23.7 Å². The minimum atomic E-state index is -0.291. The molecule has 2 heterocycles. The van der Waals surface area contributed by atoms with Crippen LogP contribution in [0.15, 0.2) is 46.3 Å². The molecule has 1 aliphatic rings. The Kier molecular flexibility index (Phi) is 4.48. The molecule has 0 saturated carbocycles. The van der Waals surface area contributed by atoms with E-state index in [0.717, 1.165) is 11.1 Å². The molecule has 0 saturated heterocycles. The number of nitrogens with zero attached hydrogens (tertiary/aromatic N) is 2. The molecule has 0 spiro atoms. The zero-order valence-corrected chi connectivity index (χ0v) is 15.1. The molecule has 8 heteroatoms. The number of nitrogens with one attached hydrogen (secondary N) is 1. The lowest BCUT2D eigenvalue weighted by atomic mass is 10.2. The molecular weight excluding hydrogens is 374 g/mol. The summed E-state index contributed by atoms with van der Waals surface area (Å²) in [7, 11) is 0. The maximum absolute atomic E-state index is 12.6. The third-order valence-electron chi connectivity index (χ3n) is 3.93. The normalized spacial score (nSPS) is 13.9. The number of hydrogen-bond acceptors (Lipinski definition) is 5. The molecule has 3 aromatic rings. The Morgan fingerprint density at radius 2 is 2.04 bits per heavy atom. The second-order valence-electron chi connectivity index (χ2n) is 5.72. The molecule has 0 radical (unpaired) electrons. The van der Waals surface area contributed by atoms with Crippen LogP contribution in [-0.2, 0) is 0 Å². The lowest BCUT2D eigenvalue weighted by Crippen LogP contribution is -2.18. The molecule has 1 N–H and O–H groups in total. The zero-order valence-electron chi connectivity index (χ0n) is 13.6. The number of hydrogen-bond donors (Lipinski definition) is 1. The second-order valence-corrected chi connectivity index (χ2v) is 6.51. The van der Waals surface area contributed by atoms with Crippen molar-refractivity contribution in [1.29, 1.82) is 0 Å². The number of halogens is 1. The minimum Gasteiger partial charge on any atom is -0.489 e. The molecule has 0 fully saturated rings. The van der Waals surface area contributed by atoms with E-state index in [9.17, 15) is 4.79 Å². The van der Waals surface area contributed by atoms with Gasteiger partial charge in [-0.05, 0) is 42.0 Å². The van der Waals surface area contributed by atoms with Gasteiger partial charge in [-0.25, -0.2) is 0 Å². The van der Waals surface area contributed by atoms with E-state index in [1.807, 2.05) is 6.07 Å². The Hall–Kier alpha value is -2.64. The molecule has 1 aliphatic heterocycles. The highest BCUT2D eigenvalue weighted by Crippen LogP contribution is 2.37. The van der Waals surface area contributed by atoms with Crippen LogP contribution in [0.5, 0.6) is 11.5 Å². The average molecular weight is 388 g/mol. The summed E-state index contributed by atoms with van der Waals surface area (Å²) >= 11 is 11.5. The highest BCUT2D eigenvalue weighted by atomic mass is 35.5. The number of aromatic amines is 1. The van der Waals surface area contributed by atoms with Crippen molar-refractivity contribution in [3.63, 3.8) is 0 Å². The summed E-state index contributed by atoms with van der Waals surface area (Å²) in [6.45, 7) is 1.11. The molecular formula is C18H14ClN3O3S. The van der Waals surface area contributed by atoms with Crippen molar-refractivity contribution in [3.05, 3.63) is 62.1 Å². The zero-order chi connectivity index (χ0) is 18.1. The summed E-state index contributed by atoms with van der Waals surface area (Å²) in [4.78, 5) is 15.6. The molecule has 0 unspecified atom stereocenters. The largest absolute Gasteiger partial charge is 0.489 e. The van der Waals surface area contributed by atoms with Crippen LogP contribution in [0.4, 0.5) is 0 Å². The molecule has 1 aromatic heterocycles. The van der Waals surface area contributed by atoms with Crippen LogP contribution in [0.25, 0.3) is 10.9 Å². The van der Waals surface area contributed by atoms with E-state index in [1.54, 1.807) is 30.3 Å². The fraction of sp³-hybridized carbons (Fsp3) is 0.167. The first-order valence-electron chi connectivity index (χ1n) is 8.01. The molecule has 26 heavy (non-hydrogen) atoms. The number of fused-ring (bicyclic) bond motifs is 2. The molecule has 0 aliphatic carbocycles. The topological polar surface area (TPSA) is 68.6 Å². The third-order valence-corrected chi connectivity index (χ3v) is 4.49. The lowest BCUT2D eigenvalue weighted by molar-refractivity contribution is 0.297. The number of ether oxygens (including phenoxy) is 2. The molecule has 6 nitrogen and oxygen atoms in total. The standard InChI is InChI=1S/C18H14ClN3O3S/c19-13-8-11(9-15-16(13)25-7-3-6-24-15)10-20-22-17(23)12-4-1-2-5-14(12)21-18(22)26/h1-2,4-5,8-10H,3,6-7H2,(H,21,26)/b20-10-. The lowest BCUT2D eigenvalue weighted by Gasteiger charge is -2.09. The van der Waals surface area contributed by atoms with Crippen LogP contribution in [-0.4, -0.2) is 29.1 Å². The first-order chi connectivity index (χ1) is 12.6. The average Bonchev–Trinajstić information content (AvgIpc) is 2.87. The number of H-pyrrole nitrogens is 1. The van der Waals surface area contributed by atoms with Crippen molar-refractivity contribution in [1.82, 2.24) is 9.66 Å². The summed E-state index contributed by atoms with van der Waals surface area (Å²) in [5.41, 5.74) is 1.06. The fourth-order valence-electron chi connectivity index (χ4n) is 2.71. The van der Waals surface area contributed by atoms with E-state index in [2.05, 4.69) is 10.1 Å². The van der Waals surface area contributed by atoms with Gasteiger partial charge in [0.1, 0.15) is 0 Å². The Labute approximate surface area is 158 Å². The summed E-state index contributed by atoms with van der Waals surface area (Å²) in [6.07, 6.45) is 2.30. The predicted molar refractivity (Wildman–Crippen MR) is 103 cm³/mol. The Balaban J connectivity index is 1.76. The summed E-state index contributed by atoms with van der Waals surface area (Å²) < 4.78 is 12.6. The highest BCUT2D eigenvalue weighted by molar-refractivity contribution is 7.71. The second kappa shape index (κ2) is 6.93. The van der Waals surface area contributed by atoms with Gasteiger partial charge in [0.2, 0.25) is 4.77 Å². The number of para-hydroxylation sites is 1. The minimum absolute atomic E-state index is 0.213. The highest BCUT2D eigenvalue weighted by Gasteiger charge is 2.15. The van der Waals surface area contributed by atoms with Gasteiger partial charge >= 0.3 is 0 Å². The van der Waals surface area contributed by atoms with Gasteiger partial charge in [-0.3, -0.25) is 4.79 Å². The maximum Gasteiger partial charge on any atom is 0.282 e. The van der Waals surface area contributed by atoms with Gasteiger partial charge in [0.15, 0.2) is 11.5 Å². The van der Waals surface area contributed by atoms with Gasteiger partial charge in [0.05, 0.1) is 35.4 Å². The third kappa shape index (κ3) is 3.11. The summed E-state index contributed by atoms with van der Waals surface area (Å²) in [5, 5.41) is 5.17. The molecule has 132 valence electrons. The van der Waals surface area contributed by atoms with E-state index in [0.29, 0.717) is 46.2 Å². The quantitative estimate of drug-likeness (QED) is 0.537. The Morgan fingerprint density at radius 3 is 2.92 bits per heavy atom. The number of benzene rings is 2. The monoisotopic (exact) mass is 387 g/mol. The molecule has 0 bridgehead atoms. The molecule has 2 aromatic carbocycles. The van der Waals surface area contributed by atoms with Crippen molar-refractivity contribution in [3.8, 4) is 11.5 Å². The number of rotatable bonds is 2. The van der Waals surface area contributed by atoms with Crippen LogP contribution < -0.4 is 15.0 Å². The Bertz CT molecular complexity index is 1140. The first kappa shape index (κ1) is 16.8. The van der Waals surface area contributed by atoms with Gasteiger partial charge in [0, 0.05) is 6.42 Å². The van der Waals surface area contributed by atoms with E-state index >= 15 is 0 Å². The van der Waals surface area contributed by atoms with Crippen LogP contribution in [0.1, 0.15) is 12.0 Å². The van der Waals surface area contributed by atoms with Crippen LogP contribution in [0, 0.1) is 4.77 Å². The van der Waals surface area contributed by atoms with Gasteiger partial charge in [0.25, 0.3) is 5.56 Å². The smallest absolute Gasteiger partial charge is 0.282 e. The van der Waals surface area contributed by atoms with Crippen LogP contribution in [0.2, 0.25) is 5.02 Å². The van der Waals surface area contributed by atoms with Gasteiger partial charge in [-0.2, -0.15) is 9.78 Å². The van der Waals surface area contributed by atoms with Crippen molar-refractivity contribution < 1.29 is 9.47 Å². The number of aromatic nitrogens is 2. The molecule has 4 rings (SSSR count). The fourth-order valence-corrected chi connectivity index (χ4v) is 3.22. The van der Waals surface area contributed by atoms with E-state index in [1.165, 1.54) is 6.21 Å². The van der Waals surface area contributed by atoms with Gasteiger partial charge in [-0.15, -0.1) is 0 Å². The maximum atomic E-state index is 12.6. The first-order valence-corrected chi connectivity index (χ1v) is 8.80. The van der Waals surface area contributed by atoms with Crippen LogP contribution in [0.3, 0.4) is 0 Å². The SMILES string of the molecule is O=c1c2ccccc2[nH]c(=S)n1/N=C\c1cc(Cl)c2c(c1)OCCCO2. The molecule has 0 amide bonds. The van der Waals surface area contributed by atoms with Gasteiger partial charge < -0.3 is 14.5 Å². The summed E-state index contributed by atoms with van der Waals surface area (Å²) in [6, 6.07) is 10.6.